The highest BCUT2D eigenvalue weighted by molar-refractivity contribution is 5.91. The fourth-order valence-electron chi connectivity index (χ4n) is 3.07. The summed E-state index contributed by atoms with van der Waals surface area (Å²) in [4.78, 5) is 0. The third-order valence-corrected chi connectivity index (χ3v) is 4.16. The number of rotatable bonds is 0. The molecule has 0 aliphatic heterocycles. The van der Waals surface area contributed by atoms with E-state index in [1.807, 2.05) is 0 Å². The second kappa shape index (κ2) is 3.49. The molecular weight excluding hydrogens is 206 g/mol. The van der Waals surface area contributed by atoms with Crippen LogP contribution in [0.3, 0.4) is 0 Å². The summed E-state index contributed by atoms with van der Waals surface area (Å²) in [5.74, 6) is 0. The number of hydrogen-bond acceptors (Lipinski definition) is 0. The van der Waals surface area contributed by atoms with Gasteiger partial charge in [-0.3, -0.25) is 0 Å². The molecule has 0 atom stereocenters. The molecule has 1 aliphatic rings. The number of aromatic nitrogens is 1. The van der Waals surface area contributed by atoms with Crippen molar-refractivity contribution in [3.05, 3.63) is 41.1 Å². The lowest BCUT2D eigenvalue weighted by molar-refractivity contribution is 0.797. The lowest BCUT2D eigenvalue weighted by Gasteiger charge is -2.16. The minimum atomic E-state index is 1.15. The minimum absolute atomic E-state index is 1.15. The van der Waals surface area contributed by atoms with Crippen LogP contribution in [-0.2, 0) is 13.5 Å². The van der Waals surface area contributed by atoms with E-state index in [-0.39, 0.29) is 0 Å². The van der Waals surface area contributed by atoms with Gasteiger partial charge in [0.25, 0.3) is 0 Å². The van der Waals surface area contributed by atoms with Crippen molar-refractivity contribution in [3.63, 3.8) is 0 Å². The van der Waals surface area contributed by atoms with Crippen LogP contribution in [0.25, 0.3) is 16.5 Å². The van der Waals surface area contributed by atoms with E-state index < -0.39 is 0 Å². The molecule has 1 aliphatic carbocycles. The van der Waals surface area contributed by atoms with Gasteiger partial charge in [-0.15, -0.1) is 0 Å². The summed E-state index contributed by atoms with van der Waals surface area (Å²) >= 11 is 0. The minimum Gasteiger partial charge on any atom is -0.344 e. The summed E-state index contributed by atoms with van der Waals surface area (Å²) < 4.78 is 2.33. The molecule has 1 heterocycles. The van der Waals surface area contributed by atoms with Crippen molar-refractivity contribution in [3.8, 4) is 0 Å². The third-order valence-electron chi connectivity index (χ3n) is 4.16. The summed E-state index contributed by atoms with van der Waals surface area (Å²) in [7, 11) is 2.17. The SMILES string of the molecule is C=C1CCCc2c1n(C)c1cc(C)c(C)cc21. The third kappa shape index (κ3) is 1.38. The van der Waals surface area contributed by atoms with E-state index in [9.17, 15) is 0 Å². The largest absolute Gasteiger partial charge is 0.344 e. The number of hydrogen-bond donors (Lipinski definition) is 0. The van der Waals surface area contributed by atoms with E-state index in [0.29, 0.717) is 0 Å². The monoisotopic (exact) mass is 225 g/mol. The second-order valence-electron chi connectivity index (χ2n) is 5.30. The summed E-state index contributed by atoms with van der Waals surface area (Å²) in [6.45, 7) is 8.63. The van der Waals surface area contributed by atoms with Crippen LogP contribution in [-0.4, -0.2) is 4.57 Å². The first kappa shape index (κ1) is 10.6. The van der Waals surface area contributed by atoms with Crippen molar-refractivity contribution in [1.29, 1.82) is 0 Å². The maximum absolute atomic E-state index is 4.24. The van der Waals surface area contributed by atoms with Crippen molar-refractivity contribution in [2.45, 2.75) is 33.1 Å². The van der Waals surface area contributed by atoms with Gasteiger partial charge in [-0.05, 0) is 67.5 Å². The zero-order chi connectivity index (χ0) is 12.2. The first-order chi connectivity index (χ1) is 8.09. The molecule has 0 N–H and O–H groups in total. The first-order valence-electron chi connectivity index (χ1n) is 6.36. The van der Waals surface area contributed by atoms with Gasteiger partial charge in [0.05, 0.1) is 0 Å². The average molecular weight is 225 g/mol. The maximum Gasteiger partial charge on any atom is 0.0488 e. The van der Waals surface area contributed by atoms with Crippen LogP contribution in [0.4, 0.5) is 0 Å². The Bertz CT molecular complexity index is 629. The van der Waals surface area contributed by atoms with Crippen LogP contribution < -0.4 is 0 Å². The Kier molecular flexibility index (Phi) is 2.19. The Balaban J connectivity index is 2.44. The van der Waals surface area contributed by atoms with Crippen LogP contribution >= 0.6 is 0 Å². The van der Waals surface area contributed by atoms with Gasteiger partial charge in [0.2, 0.25) is 0 Å². The van der Waals surface area contributed by atoms with E-state index in [2.05, 4.69) is 44.2 Å². The van der Waals surface area contributed by atoms with E-state index in [1.165, 1.54) is 51.7 Å². The fraction of sp³-hybridized carbons (Fsp3) is 0.375. The average Bonchev–Trinajstić information content (AvgIpc) is 2.56. The molecule has 0 amide bonds. The molecule has 0 unspecified atom stereocenters. The molecule has 2 aromatic rings. The summed E-state index contributed by atoms with van der Waals surface area (Å²) in [5, 5.41) is 1.44. The molecule has 0 saturated heterocycles. The Morgan fingerprint density at radius 1 is 1.12 bits per heavy atom. The molecule has 0 radical (unpaired) electrons. The molecule has 1 heteroatoms. The van der Waals surface area contributed by atoms with Crippen LogP contribution in [0.5, 0.6) is 0 Å². The van der Waals surface area contributed by atoms with Gasteiger partial charge in [0.1, 0.15) is 0 Å². The first-order valence-corrected chi connectivity index (χ1v) is 6.36. The second-order valence-corrected chi connectivity index (χ2v) is 5.30. The van der Waals surface area contributed by atoms with Gasteiger partial charge >= 0.3 is 0 Å². The smallest absolute Gasteiger partial charge is 0.0488 e. The van der Waals surface area contributed by atoms with Crippen molar-refractivity contribution >= 4 is 16.5 Å². The molecule has 1 aromatic heterocycles. The standard InChI is InChI=1S/C16H19N/c1-10-6-5-7-13-14-8-11(2)12(3)9-15(14)17(4)16(10)13/h8-9H,1,5-7H2,2-4H3. The van der Waals surface area contributed by atoms with Crippen molar-refractivity contribution in [1.82, 2.24) is 4.57 Å². The molecule has 0 saturated carbocycles. The van der Waals surface area contributed by atoms with Gasteiger partial charge in [0, 0.05) is 23.6 Å². The van der Waals surface area contributed by atoms with E-state index in [0.717, 1.165) is 6.42 Å². The maximum atomic E-state index is 4.24. The Morgan fingerprint density at radius 3 is 2.59 bits per heavy atom. The highest BCUT2D eigenvalue weighted by Crippen LogP contribution is 2.37. The molecular formula is C16H19N. The number of fused-ring (bicyclic) bond motifs is 3. The topological polar surface area (TPSA) is 4.93 Å². The van der Waals surface area contributed by atoms with Gasteiger partial charge in [-0.1, -0.05) is 6.58 Å². The van der Waals surface area contributed by atoms with Crippen molar-refractivity contribution < 1.29 is 0 Å². The predicted molar refractivity (Wildman–Crippen MR) is 74.4 cm³/mol. The molecule has 0 spiro atoms. The molecule has 88 valence electrons. The van der Waals surface area contributed by atoms with Gasteiger partial charge < -0.3 is 4.57 Å². The summed E-state index contributed by atoms with van der Waals surface area (Å²) in [6, 6.07) is 4.67. The lowest BCUT2D eigenvalue weighted by Crippen LogP contribution is -2.03. The van der Waals surface area contributed by atoms with Gasteiger partial charge in [-0.2, -0.15) is 0 Å². The Morgan fingerprint density at radius 2 is 1.82 bits per heavy atom. The summed E-state index contributed by atoms with van der Waals surface area (Å²) in [6.07, 6.45) is 3.60. The highest BCUT2D eigenvalue weighted by Gasteiger charge is 2.20. The zero-order valence-corrected chi connectivity index (χ0v) is 10.9. The molecule has 0 fully saturated rings. The predicted octanol–water partition coefficient (Wildman–Crippen LogP) is 4.14. The number of nitrogens with zero attached hydrogens (tertiary/aromatic N) is 1. The van der Waals surface area contributed by atoms with Gasteiger partial charge in [0.15, 0.2) is 0 Å². The quantitative estimate of drug-likeness (QED) is 0.635. The van der Waals surface area contributed by atoms with Crippen LogP contribution in [0.1, 0.15) is 35.2 Å². The van der Waals surface area contributed by atoms with E-state index in [4.69, 9.17) is 0 Å². The highest BCUT2D eigenvalue weighted by atomic mass is 15.0. The normalized spacial score (nSPS) is 15.4. The summed E-state index contributed by atoms with van der Waals surface area (Å²) in [5.41, 5.74) is 8.34. The Hall–Kier alpha value is -1.50. The van der Waals surface area contributed by atoms with Crippen molar-refractivity contribution in [2.24, 2.45) is 7.05 Å². The fourth-order valence-corrected chi connectivity index (χ4v) is 3.07. The molecule has 0 bridgehead atoms. The van der Waals surface area contributed by atoms with Crippen LogP contribution in [0, 0.1) is 13.8 Å². The molecule has 1 aromatic carbocycles. The number of benzene rings is 1. The van der Waals surface area contributed by atoms with Crippen molar-refractivity contribution in [2.75, 3.05) is 0 Å². The lowest BCUT2D eigenvalue weighted by atomic mass is 9.91. The molecule has 3 rings (SSSR count). The Labute approximate surface area is 103 Å². The van der Waals surface area contributed by atoms with Crippen LogP contribution in [0.15, 0.2) is 18.7 Å². The molecule has 17 heavy (non-hydrogen) atoms. The zero-order valence-electron chi connectivity index (χ0n) is 10.9. The van der Waals surface area contributed by atoms with E-state index in [1.54, 1.807) is 0 Å². The molecule has 1 nitrogen and oxygen atoms in total. The van der Waals surface area contributed by atoms with Crippen LogP contribution in [0.2, 0.25) is 0 Å². The number of allylic oxidation sites excluding steroid dienone is 1. The van der Waals surface area contributed by atoms with E-state index >= 15 is 0 Å². The number of aryl methyl sites for hydroxylation is 4. The van der Waals surface area contributed by atoms with Gasteiger partial charge in [-0.25, -0.2) is 0 Å².